The van der Waals surface area contributed by atoms with Crippen LogP contribution in [-0.4, -0.2) is 30.6 Å². The van der Waals surface area contributed by atoms with Gasteiger partial charge in [-0.1, -0.05) is 24.6 Å². The topological polar surface area (TPSA) is 53.3 Å². The van der Waals surface area contributed by atoms with Crippen LogP contribution in [0.25, 0.3) is 0 Å². The second-order valence-electron chi connectivity index (χ2n) is 5.17. The zero-order valence-corrected chi connectivity index (χ0v) is 11.8. The molecular weight excluding hydrogens is 252 g/mol. The molecule has 106 valence electrons. The smallest absolute Gasteiger partial charge is 0.307 e. The lowest BCUT2D eigenvalue weighted by Gasteiger charge is -2.35. The molecule has 1 aromatic carbocycles. The fourth-order valence-corrected chi connectivity index (χ4v) is 2.76. The lowest BCUT2D eigenvalue weighted by atomic mass is 9.97. The first-order valence-electron chi connectivity index (χ1n) is 7.03. The molecule has 0 amide bonds. The maximum absolute atomic E-state index is 11.5. The number of carbonyl (C=O) groups is 1. The lowest BCUT2D eigenvalue weighted by Crippen LogP contribution is -2.40. The van der Waals surface area contributed by atoms with Crippen LogP contribution in [-0.2, 0) is 16.1 Å². The molecule has 1 heterocycles. The maximum Gasteiger partial charge on any atom is 0.307 e. The van der Waals surface area contributed by atoms with Crippen LogP contribution >= 0.6 is 0 Å². The summed E-state index contributed by atoms with van der Waals surface area (Å²) in [5, 5.41) is 9.15. The Morgan fingerprint density at radius 1 is 1.45 bits per heavy atom. The van der Waals surface area contributed by atoms with Gasteiger partial charge in [-0.05, 0) is 31.0 Å². The Labute approximate surface area is 120 Å². The number of piperidine rings is 1. The van der Waals surface area contributed by atoms with Gasteiger partial charge in [-0.15, -0.1) is 0 Å². The lowest BCUT2D eigenvalue weighted by molar-refractivity contribution is -0.142. The van der Waals surface area contributed by atoms with Crippen LogP contribution in [0.2, 0.25) is 0 Å². The summed E-state index contributed by atoms with van der Waals surface area (Å²) >= 11 is 0. The zero-order chi connectivity index (χ0) is 14.4. The molecule has 1 aromatic rings. The zero-order valence-electron chi connectivity index (χ0n) is 11.8. The van der Waals surface area contributed by atoms with Crippen molar-refractivity contribution in [3.63, 3.8) is 0 Å². The van der Waals surface area contributed by atoms with Crippen molar-refractivity contribution in [2.45, 2.75) is 38.3 Å². The normalized spacial score (nSPS) is 19.3. The molecule has 2 rings (SSSR count). The van der Waals surface area contributed by atoms with Gasteiger partial charge in [-0.25, -0.2) is 0 Å². The maximum atomic E-state index is 11.5. The Morgan fingerprint density at radius 3 is 3.00 bits per heavy atom. The molecule has 1 atom stereocenters. The van der Waals surface area contributed by atoms with Crippen molar-refractivity contribution in [1.29, 1.82) is 5.26 Å². The number of rotatable bonds is 4. The van der Waals surface area contributed by atoms with E-state index in [0.717, 1.165) is 43.5 Å². The predicted molar refractivity (Wildman–Crippen MR) is 75.8 cm³/mol. The summed E-state index contributed by atoms with van der Waals surface area (Å²) < 4.78 is 4.78. The molecule has 0 aromatic heterocycles. The van der Waals surface area contributed by atoms with Gasteiger partial charge in [-0.3, -0.25) is 9.69 Å². The van der Waals surface area contributed by atoms with E-state index >= 15 is 0 Å². The van der Waals surface area contributed by atoms with E-state index in [2.05, 4.69) is 11.0 Å². The van der Waals surface area contributed by atoms with E-state index in [-0.39, 0.29) is 12.0 Å². The molecule has 0 spiro atoms. The molecule has 0 bridgehead atoms. The second kappa shape index (κ2) is 7.06. The monoisotopic (exact) mass is 272 g/mol. The first-order valence-corrected chi connectivity index (χ1v) is 7.03. The molecule has 4 heteroatoms. The Balaban J connectivity index is 2.08. The largest absolute Gasteiger partial charge is 0.469 e. The van der Waals surface area contributed by atoms with E-state index in [4.69, 9.17) is 10.00 Å². The molecule has 1 unspecified atom stereocenters. The predicted octanol–water partition coefficient (Wildman–Crippen LogP) is 2.48. The summed E-state index contributed by atoms with van der Waals surface area (Å²) in [5.74, 6) is -0.157. The minimum absolute atomic E-state index is 0.157. The van der Waals surface area contributed by atoms with E-state index < -0.39 is 0 Å². The summed E-state index contributed by atoms with van der Waals surface area (Å²) in [6, 6.07) is 10.1. The number of likely N-dealkylation sites (tertiary alicyclic amines) is 1. The van der Waals surface area contributed by atoms with Crippen LogP contribution < -0.4 is 0 Å². The first-order chi connectivity index (χ1) is 9.74. The average Bonchev–Trinajstić information content (AvgIpc) is 2.49. The summed E-state index contributed by atoms with van der Waals surface area (Å²) in [5.41, 5.74) is 1.75. The molecule has 1 aliphatic heterocycles. The van der Waals surface area contributed by atoms with Gasteiger partial charge in [0.05, 0.1) is 25.2 Å². The van der Waals surface area contributed by atoms with E-state index in [1.807, 2.05) is 24.3 Å². The highest BCUT2D eigenvalue weighted by Crippen LogP contribution is 2.23. The number of hydrogen-bond acceptors (Lipinski definition) is 4. The number of hydrogen-bond donors (Lipinski definition) is 0. The van der Waals surface area contributed by atoms with Gasteiger partial charge in [0.25, 0.3) is 0 Å². The Bertz CT molecular complexity index is 507. The van der Waals surface area contributed by atoms with Crippen molar-refractivity contribution in [3.8, 4) is 6.07 Å². The molecule has 0 radical (unpaired) electrons. The average molecular weight is 272 g/mol. The number of nitrogens with zero attached hydrogens (tertiary/aromatic N) is 2. The molecule has 0 N–H and O–H groups in total. The van der Waals surface area contributed by atoms with Crippen LogP contribution in [0.4, 0.5) is 0 Å². The Kier molecular flexibility index (Phi) is 5.14. The van der Waals surface area contributed by atoms with Crippen molar-refractivity contribution in [2.75, 3.05) is 13.7 Å². The van der Waals surface area contributed by atoms with Gasteiger partial charge in [0.2, 0.25) is 0 Å². The molecule has 0 saturated carbocycles. The van der Waals surface area contributed by atoms with Crippen molar-refractivity contribution in [1.82, 2.24) is 4.90 Å². The number of methoxy groups -OCH3 is 1. The summed E-state index contributed by atoms with van der Waals surface area (Å²) in [6.45, 7) is 1.70. The van der Waals surface area contributed by atoms with E-state index in [1.165, 1.54) is 7.11 Å². The molecule has 4 nitrogen and oxygen atoms in total. The van der Waals surface area contributed by atoms with Gasteiger partial charge in [0.1, 0.15) is 0 Å². The quantitative estimate of drug-likeness (QED) is 0.790. The van der Waals surface area contributed by atoms with Crippen molar-refractivity contribution in [2.24, 2.45) is 0 Å². The van der Waals surface area contributed by atoms with Crippen molar-refractivity contribution >= 4 is 5.97 Å². The van der Waals surface area contributed by atoms with E-state index in [1.54, 1.807) is 0 Å². The summed E-state index contributed by atoms with van der Waals surface area (Å²) in [4.78, 5) is 13.8. The highest BCUT2D eigenvalue weighted by Gasteiger charge is 2.25. The molecule has 1 fully saturated rings. The third-order valence-electron chi connectivity index (χ3n) is 3.89. The summed E-state index contributed by atoms with van der Waals surface area (Å²) in [6.07, 6.45) is 3.75. The number of carbonyl (C=O) groups excluding carboxylic acids is 1. The van der Waals surface area contributed by atoms with Crippen LogP contribution in [0.5, 0.6) is 0 Å². The highest BCUT2D eigenvalue weighted by molar-refractivity contribution is 5.69. The summed E-state index contributed by atoms with van der Waals surface area (Å²) in [7, 11) is 1.43. The Morgan fingerprint density at radius 2 is 2.25 bits per heavy atom. The van der Waals surface area contributed by atoms with Crippen LogP contribution in [0.1, 0.15) is 36.8 Å². The Hall–Kier alpha value is -1.86. The van der Waals surface area contributed by atoms with Gasteiger partial charge >= 0.3 is 5.97 Å². The van der Waals surface area contributed by atoms with Crippen molar-refractivity contribution in [3.05, 3.63) is 35.4 Å². The molecule has 20 heavy (non-hydrogen) atoms. The molecular formula is C16H20N2O2. The fraction of sp³-hybridized carbons (Fsp3) is 0.500. The minimum atomic E-state index is -0.157. The van der Waals surface area contributed by atoms with E-state index in [9.17, 15) is 4.79 Å². The third kappa shape index (κ3) is 3.58. The second-order valence-corrected chi connectivity index (χ2v) is 5.17. The minimum Gasteiger partial charge on any atom is -0.469 e. The highest BCUT2D eigenvalue weighted by atomic mass is 16.5. The molecule has 0 aliphatic carbocycles. The van der Waals surface area contributed by atoms with Crippen LogP contribution in [0, 0.1) is 11.3 Å². The van der Waals surface area contributed by atoms with Gasteiger partial charge in [-0.2, -0.15) is 5.26 Å². The number of esters is 1. The van der Waals surface area contributed by atoms with Crippen LogP contribution in [0.3, 0.4) is 0 Å². The van der Waals surface area contributed by atoms with Gasteiger partial charge in [0, 0.05) is 12.6 Å². The van der Waals surface area contributed by atoms with E-state index in [0.29, 0.717) is 6.42 Å². The molecule has 1 aliphatic rings. The third-order valence-corrected chi connectivity index (χ3v) is 3.89. The fourth-order valence-electron chi connectivity index (χ4n) is 2.76. The van der Waals surface area contributed by atoms with Gasteiger partial charge in [0.15, 0.2) is 0 Å². The van der Waals surface area contributed by atoms with Gasteiger partial charge < -0.3 is 4.74 Å². The van der Waals surface area contributed by atoms with Crippen LogP contribution in [0.15, 0.2) is 24.3 Å². The van der Waals surface area contributed by atoms with Crippen molar-refractivity contribution < 1.29 is 9.53 Å². The SMILES string of the molecule is COC(=O)CC1CCCCN1Cc1ccccc1C#N. The molecule has 1 saturated heterocycles. The number of ether oxygens (including phenoxy) is 1. The number of nitriles is 1. The standard InChI is InChI=1S/C16H20N2O2/c1-20-16(19)10-15-8-4-5-9-18(15)12-14-7-3-2-6-13(14)11-17/h2-3,6-7,15H,4-5,8-10,12H2,1H3. The number of benzene rings is 1. The first kappa shape index (κ1) is 14.5.